The Hall–Kier alpha value is -2.34. The summed E-state index contributed by atoms with van der Waals surface area (Å²) in [6.07, 6.45) is 0.335. The molecule has 3 rings (SSSR count). The number of nitrogens with zero attached hydrogens (tertiary/aromatic N) is 1. The van der Waals surface area contributed by atoms with Gasteiger partial charge in [-0.15, -0.1) is 0 Å². The maximum absolute atomic E-state index is 12.3. The zero-order chi connectivity index (χ0) is 18.5. The first-order valence-corrected chi connectivity index (χ1v) is 9.45. The fourth-order valence-corrected chi connectivity index (χ4v) is 3.63. The smallest absolute Gasteiger partial charge is 0.315 e. The third-order valence-corrected chi connectivity index (χ3v) is 5.08. The number of nitrogens with one attached hydrogen (secondary N) is 2. The second-order valence-electron chi connectivity index (χ2n) is 6.49. The third-order valence-electron chi connectivity index (χ3n) is 4.59. The van der Waals surface area contributed by atoms with Crippen LogP contribution in [0.1, 0.15) is 30.5 Å². The van der Waals surface area contributed by atoms with E-state index in [9.17, 15) is 9.59 Å². The van der Waals surface area contributed by atoms with Gasteiger partial charge in [-0.1, -0.05) is 58.4 Å². The second kappa shape index (κ2) is 8.36. The highest BCUT2D eigenvalue weighted by molar-refractivity contribution is 9.10. The van der Waals surface area contributed by atoms with E-state index in [1.54, 1.807) is 0 Å². The molecule has 0 saturated carbocycles. The molecule has 0 aromatic heterocycles. The van der Waals surface area contributed by atoms with Crippen LogP contribution in [0.25, 0.3) is 0 Å². The van der Waals surface area contributed by atoms with Crippen LogP contribution in [0, 0.1) is 0 Å². The van der Waals surface area contributed by atoms with Crippen molar-refractivity contribution in [2.75, 3.05) is 6.54 Å². The van der Waals surface area contributed by atoms with Gasteiger partial charge in [-0.3, -0.25) is 4.79 Å². The number of hydrogen-bond acceptors (Lipinski definition) is 2. The fourth-order valence-electron chi connectivity index (χ4n) is 3.18. The summed E-state index contributed by atoms with van der Waals surface area (Å²) >= 11 is 3.41. The molecule has 5 nitrogen and oxygen atoms in total. The highest BCUT2D eigenvalue weighted by Crippen LogP contribution is 2.25. The standard InChI is InChI=1S/C20H22BrN3O2/c1-14(16-7-3-2-4-8-16)24-13-18(11-19(24)25)23-20(26)22-12-15-6-5-9-17(21)10-15/h2-10,14,18H,11-13H2,1H3,(H2,22,23,26). The molecule has 1 saturated heterocycles. The van der Waals surface area contributed by atoms with Gasteiger partial charge >= 0.3 is 6.03 Å². The molecule has 0 radical (unpaired) electrons. The molecule has 0 spiro atoms. The third kappa shape index (κ3) is 4.64. The fraction of sp³-hybridized carbons (Fsp3) is 0.300. The molecule has 136 valence electrons. The van der Waals surface area contributed by atoms with Crippen molar-refractivity contribution in [2.45, 2.75) is 32.0 Å². The topological polar surface area (TPSA) is 61.4 Å². The van der Waals surface area contributed by atoms with Gasteiger partial charge in [0.15, 0.2) is 0 Å². The van der Waals surface area contributed by atoms with Crippen molar-refractivity contribution in [1.82, 2.24) is 15.5 Å². The Balaban J connectivity index is 1.51. The molecule has 1 heterocycles. The van der Waals surface area contributed by atoms with E-state index in [0.29, 0.717) is 19.5 Å². The average molecular weight is 416 g/mol. The summed E-state index contributed by atoms with van der Waals surface area (Å²) in [5.74, 6) is 0.0682. The van der Waals surface area contributed by atoms with Crippen molar-refractivity contribution < 1.29 is 9.59 Å². The lowest BCUT2D eigenvalue weighted by atomic mass is 10.1. The van der Waals surface area contributed by atoms with Crippen LogP contribution in [0.15, 0.2) is 59.1 Å². The minimum atomic E-state index is -0.253. The lowest BCUT2D eigenvalue weighted by Crippen LogP contribution is -2.43. The van der Waals surface area contributed by atoms with Crippen LogP contribution in [0.2, 0.25) is 0 Å². The van der Waals surface area contributed by atoms with Gasteiger partial charge in [-0.2, -0.15) is 0 Å². The number of likely N-dealkylation sites (tertiary alicyclic amines) is 1. The molecule has 0 bridgehead atoms. The molecule has 1 fully saturated rings. The predicted octanol–water partition coefficient (Wildman–Crippen LogP) is 3.61. The van der Waals surface area contributed by atoms with Gasteiger partial charge < -0.3 is 15.5 Å². The zero-order valence-corrected chi connectivity index (χ0v) is 16.2. The summed E-state index contributed by atoms with van der Waals surface area (Å²) in [6, 6.07) is 17.3. The Bertz CT molecular complexity index is 782. The number of benzene rings is 2. The van der Waals surface area contributed by atoms with Gasteiger partial charge in [-0.05, 0) is 30.2 Å². The van der Waals surface area contributed by atoms with Crippen LogP contribution < -0.4 is 10.6 Å². The molecule has 26 heavy (non-hydrogen) atoms. The van der Waals surface area contributed by atoms with Crippen molar-refractivity contribution >= 4 is 27.9 Å². The van der Waals surface area contributed by atoms with E-state index < -0.39 is 0 Å². The van der Waals surface area contributed by atoms with Gasteiger partial charge in [0, 0.05) is 24.0 Å². The molecule has 2 atom stereocenters. The first-order chi connectivity index (χ1) is 12.5. The van der Waals surface area contributed by atoms with E-state index in [0.717, 1.165) is 15.6 Å². The molecule has 2 aromatic carbocycles. The first-order valence-electron chi connectivity index (χ1n) is 8.66. The molecule has 6 heteroatoms. The van der Waals surface area contributed by atoms with E-state index in [1.807, 2.05) is 66.4 Å². The number of carbonyl (C=O) groups is 2. The second-order valence-corrected chi connectivity index (χ2v) is 7.41. The maximum atomic E-state index is 12.3. The summed E-state index contributed by atoms with van der Waals surface area (Å²) < 4.78 is 0.976. The maximum Gasteiger partial charge on any atom is 0.315 e. The van der Waals surface area contributed by atoms with Crippen molar-refractivity contribution in [1.29, 1.82) is 0 Å². The number of carbonyl (C=O) groups excluding carboxylic acids is 2. The minimum absolute atomic E-state index is 0.000213. The highest BCUT2D eigenvalue weighted by Gasteiger charge is 2.33. The summed E-state index contributed by atoms with van der Waals surface area (Å²) in [5.41, 5.74) is 2.11. The molecule has 2 unspecified atom stereocenters. The van der Waals surface area contributed by atoms with Crippen LogP contribution in [-0.2, 0) is 11.3 Å². The van der Waals surface area contributed by atoms with Gasteiger partial charge in [0.2, 0.25) is 5.91 Å². The van der Waals surface area contributed by atoms with E-state index >= 15 is 0 Å². The Kier molecular flexibility index (Phi) is 5.93. The van der Waals surface area contributed by atoms with Gasteiger partial charge in [0.05, 0.1) is 12.1 Å². The lowest BCUT2D eigenvalue weighted by Gasteiger charge is -2.25. The molecule has 0 aliphatic carbocycles. The van der Waals surface area contributed by atoms with Crippen LogP contribution in [0.4, 0.5) is 4.79 Å². The number of halogens is 1. The minimum Gasteiger partial charge on any atom is -0.334 e. The lowest BCUT2D eigenvalue weighted by molar-refractivity contribution is -0.129. The van der Waals surface area contributed by atoms with Crippen LogP contribution in [0.5, 0.6) is 0 Å². The molecular formula is C20H22BrN3O2. The van der Waals surface area contributed by atoms with Gasteiger partial charge in [0.25, 0.3) is 0 Å². The van der Waals surface area contributed by atoms with E-state index in [4.69, 9.17) is 0 Å². The predicted molar refractivity (Wildman–Crippen MR) is 104 cm³/mol. The van der Waals surface area contributed by atoms with E-state index in [1.165, 1.54) is 0 Å². The van der Waals surface area contributed by atoms with Crippen molar-refractivity contribution in [3.05, 3.63) is 70.2 Å². The summed E-state index contributed by atoms with van der Waals surface area (Å²) in [4.78, 5) is 26.3. The Morgan fingerprint density at radius 2 is 2.00 bits per heavy atom. The van der Waals surface area contributed by atoms with Crippen molar-refractivity contribution in [3.63, 3.8) is 0 Å². The molecule has 2 N–H and O–H groups in total. The van der Waals surface area contributed by atoms with Gasteiger partial charge in [0.1, 0.15) is 0 Å². The monoisotopic (exact) mass is 415 g/mol. The molecule has 2 aromatic rings. The van der Waals surface area contributed by atoms with Crippen molar-refractivity contribution in [3.8, 4) is 0 Å². The van der Waals surface area contributed by atoms with E-state index in [2.05, 4.69) is 26.6 Å². The van der Waals surface area contributed by atoms with Crippen LogP contribution >= 0.6 is 15.9 Å². The number of rotatable bonds is 5. The largest absolute Gasteiger partial charge is 0.334 e. The average Bonchev–Trinajstić information content (AvgIpc) is 3.00. The molecular weight excluding hydrogens is 394 g/mol. The van der Waals surface area contributed by atoms with E-state index in [-0.39, 0.29) is 24.0 Å². The quantitative estimate of drug-likeness (QED) is 0.783. The number of urea groups is 1. The normalized spacial score (nSPS) is 17.8. The summed E-state index contributed by atoms with van der Waals surface area (Å²) in [6.45, 7) is 2.98. The first kappa shape index (κ1) is 18.5. The number of amides is 3. The zero-order valence-electron chi connectivity index (χ0n) is 14.6. The Labute approximate surface area is 161 Å². The van der Waals surface area contributed by atoms with Gasteiger partial charge in [-0.25, -0.2) is 4.79 Å². The Morgan fingerprint density at radius 3 is 2.73 bits per heavy atom. The molecule has 1 aliphatic rings. The van der Waals surface area contributed by atoms with Crippen LogP contribution in [0.3, 0.4) is 0 Å². The summed E-state index contributed by atoms with van der Waals surface area (Å²) in [5, 5.41) is 5.75. The summed E-state index contributed by atoms with van der Waals surface area (Å²) in [7, 11) is 0. The highest BCUT2D eigenvalue weighted by atomic mass is 79.9. The Morgan fingerprint density at radius 1 is 1.23 bits per heavy atom. The SMILES string of the molecule is CC(c1ccccc1)N1CC(NC(=O)NCc2cccc(Br)c2)CC1=O. The van der Waals surface area contributed by atoms with Crippen LogP contribution in [-0.4, -0.2) is 29.4 Å². The van der Waals surface area contributed by atoms with Crippen molar-refractivity contribution in [2.24, 2.45) is 0 Å². The molecule has 3 amide bonds. The molecule has 1 aliphatic heterocycles. The number of hydrogen-bond donors (Lipinski definition) is 2.